The molecule has 0 aliphatic carbocycles. The molecule has 1 aromatic carbocycles. The number of fused-ring (bicyclic) bond motifs is 1. The first-order valence-corrected chi connectivity index (χ1v) is 7.06. The Morgan fingerprint density at radius 1 is 1.40 bits per heavy atom. The van der Waals surface area contributed by atoms with Gasteiger partial charge in [-0.25, -0.2) is 4.39 Å². The quantitative estimate of drug-likeness (QED) is 0.859. The second-order valence-corrected chi connectivity index (χ2v) is 5.38. The highest BCUT2D eigenvalue weighted by atomic mass is 19.1. The third kappa shape index (κ3) is 2.48. The van der Waals surface area contributed by atoms with Crippen molar-refractivity contribution in [3.63, 3.8) is 0 Å². The van der Waals surface area contributed by atoms with Gasteiger partial charge in [0.2, 0.25) is 0 Å². The first kappa shape index (κ1) is 13.3. The Balaban J connectivity index is 1.95. The third-order valence-electron chi connectivity index (χ3n) is 3.96. The maximum atomic E-state index is 13.8. The Morgan fingerprint density at radius 2 is 2.30 bits per heavy atom. The average Bonchev–Trinajstić information content (AvgIpc) is 2.48. The maximum Gasteiger partial charge on any atom is 0.149 e. The summed E-state index contributed by atoms with van der Waals surface area (Å²) >= 11 is 0. The number of piperidine rings is 1. The summed E-state index contributed by atoms with van der Waals surface area (Å²) in [5.74, 6) is 0.292. The van der Waals surface area contributed by atoms with Gasteiger partial charge in [-0.2, -0.15) is 0 Å². The van der Waals surface area contributed by atoms with Gasteiger partial charge in [0.1, 0.15) is 11.3 Å². The minimum absolute atomic E-state index is 0.255. The number of hydrogen-bond acceptors (Lipinski definition) is 3. The summed E-state index contributed by atoms with van der Waals surface area (Å²) in [5, 5.41) is 0.894. The van der Waals surface area contributed by atoms with Gasteiger partial charge in [0.15, 0.2) is 0 Å². The zero-order valence-corrected chi connectivity index (χ0v) is 11.7. The minimum Gasteiger partial charge on any atom is -0.384 e. The molecule has 4 heteroatoms. The topological polar surface area (TPSA) is 25.4 Å². The normalized spacial score (nSPS) is 19.5. The highest BCUT2D eigenvalue weighted by Gasteiger charge is 2.21. The predicted octanol–water partition coefficient (Wildman–Crippen LogP) is 3.24. The van der Waals surface area contributed by atoms with Crippen LogP contribution in [0, 0.1) is 11.7 Å². The van der Waals surface area contributed by atoms with Gasteiger partial charge in [-0.15, -0.1) is 0 Å². The van der Waals surface area contributed by atoms with Crippen molar-refractivity contribution in [2.75, 3.05) is 31.7 Å². The van der Waals surface area contributed by atoms with Crippen LogP contribution in [-0.4, -0.2) is 31.8 Å². The lowest BCUT2D eigenvalue weighted by molar-refractivity contribution is 0.143. The third-order valence-corrected chi connectivity index (χ3v) is 3.96. The molecule has 20 heavy (non-hydrogen) atoms. The Morgan fingerprint density at radius 3 is 3.15 bits per heavy atom. The molecular weight excluding hydrogens is 255 g/mol. The Bertz CT molecular complexity index is 600. The van der Waals surface area contributed by atoms with E-state index < -0.39 is 0 Å². The molecule has 0 spiro atoms. The largest absolute Gasteiger partial charge is 0.384 e. The van der Waals surface area contributed by atoms with E-state index in [1.807, 2.05) is 12.1 Å². The van der Waals surface area contributed by atoms with Gasteiger partial charge in [0.25, 0.3) is 0 Å². The van der Waals surface area contributed by atoms with E-state index in [1.165, 1.54) is 12.5 Å². The molecule has 2 heterocycles. The summed E-state index contributed by atoms with van der Waals surface area (Å²) in [6.45, 7) is 2.76. The molecule has 1 aromatic heterocycles. The summed E-state index contributed by atoms with van der Waals surface area (Å²) in [5.41, 5.74) is 1.54. The van der Waals surface area contributed by atoms with Crippen LogP contribution in [0.5, 0.6) is 0 Å². The van der Waals surface area contributed by atoms with Gasteiger partial charge < -0.3 is 9.64 Å². The van der Waals surface area contributed by atoms with Crippen LogP contribution in [0.4, 0.5) is 10.1 Å². The molecule has 0 saturated carbocycles. The van der Waals surface area contributed by atoms with E-state index in [1.54, 1.807) is 19.4 Å². The number of rotatable bonds is 3. The van der Waals surface area contributed by atoms with Crippen molar-refractivity contribution >= 4 is 16.6 Å². The standard InChI is InChI=1S/C16H19FN2O/c1-20-11-12-4-3-9-19(10-12)15-7-8-18-16-13(15)5-2-6-14(16)17/h2,5-8,12H,3-4,9-11H2,1H3. The average molecular weight is 274 g/mol. The van der Waals surface area contributed by atoms with Crippen LogP contribution in [0.2, 0.25) is 0 Å². The van der Waals surface area contributed by atoms with Gasteiger partial charge in [0.05, 0.1) is 6.61 Å². The molecule has 106 valence electrons. The highest BCUT2D eigenvalue weighted by Crippen LogP contribution is 2.30. The van der Waals surface area contributed by atoms with Gasteiger partial charge in [0, 0.05) is 37.5 Å². The second-order valence-electron chi connectivity index (χ2n) is 5.38. The Kier molecular flexibility index (Phi) is 3.83. The van der Waals surface area contributed by atoms with Crippen molar-refractivity contribution < 1.29 is 9.13 Å². The predicted molar refractivity (Wildman–Crippen MR) is 78.5 cm³/mol. The Labute approximate surface area is 118 Å². The van der Waals surface area contributed by atoms with Crippen molar-refractivity contribution in [3.8, 4) is 0 Å². The lowest BCUT2D eigenvalue weighted by Crippen LogP contribution is -2.37. The lowest BCUT2D eigenvalue weighted by atomic mass is 9.98. The number of ether oxygens (including phenoxy) is 1. The number of aromatic nitrogens is 1. The number of nitrogens with zero attached hydrogens (tertiary/aromatic N) is 2. The molecular formula is C16H19FN2O. The fourth-order valence-electron chi connectivity index (χ4n) is 3.06. The minimum atomic E-state index is -0.255. The van der Waals surface area contributed by atoms with Crippen molar-refractivity contribution in [1.29, 1.82) is 0 Å². The van der Waals surface area contributed by atoms with Crippen LogP contribution in [0.25, 0.3) is 10.9 Å². The zero-order valence-electron chi connectivity index (χ0n) is 11.7. The summed E-state index contributed by atoms with van der Waals surface area (Å²) in [7, 11) is 1.75. The van der Waals surface area contributed by atoms with Gasteiger partial charge >= 0.3 is 0 Å². The van der Waals surface area contributed by atoms with Crippen LogP contribution in [0.3, 0.4) is 0 Å². The second kappa shape index (κ2) is 5.75. The molecule has 1 fully saturated rings. The molecule has 0 amide bonds. The molecule has 1 aliphatic heterocycles. The van der Waals surface area contributed by atoms with Gasteiger partial charge in [-0.05, 0) is 30.9 Å². The summed E-state index contributed by atoms with van der Waals surface area (Å²) in [6.07, 6.45) is 4.04. The van der Waals surface area contributed by atoms with Crippen LogP contribution in [-0.2, 0) is 4.74 Å². The van der Waals surface area contributed by atoms with Crippen molar-refractivity contribution in [3.05, 3.63) is 36.3 Å². The van der Waals surface area contributed by atoms with Gasteiger partial charge in [-0.3, -0.25) is 4.98 Å². The lowest BCUT2D eigenvalue weighted by Gasteiger charge is -2.34. The first-order valence-electron chi connectivity index (χ1n) is 7.06. The fraction of sp³-hybridized carbons (Fsp3) is 0.438. The molecule has 0 bridgehead atoms. The fourth-order valence-corrected chi connectivity index (χ4v) is 3.06. The van der Waals surface area contributed by atoms with Crippen LogP contribution >= 0.6 is 0 Å². The summed E-state index contributed by atoms with van der Waals surface area (Å²) < 4.78 is 19.1. The van der Waals surface area contributed by atoms with Crippen LogP contribution in [0.1, 0.15) is 12.8 Å². The number of anilines is 1. The molecule has 2 aromatic rings. The van der Waals surface area contributed by atoms with E-state index in [0.717, 1.165) is 37.2 Å². The van der Waals surface area contributed by atoms with E-state index in [-0.39, 0.29) is 5.82 Å². The molecule has 1 unspecified atom stereocenters. The van der Waals surface area contributed by atoms with E-state index in [2.05, 4.69) is 9.88 Å². The molecule has 0 N–H and O–H groups in total. The molecule has 0 radical (unpaired) electrons. The first-order chi connectivity index (χ1) is 9.79. The summed E-state index contributed by atoms with van der Waals surface area (Å²) in [4.78, 5) is 6.50. The number of methoxy groups -OCH3 is 1. The molecule has 3 nitrogen and oxygen atoms in total. The smallest absolute Gasteiger partial charge is 0.149 e. The van der Waals surface area contributed by atoms with Gasteiger partial charge in [-0.1, -0.05) is 12.1 Å². The molecule has 1 atom stereocenters. The summed E-state index contributed by atoms with van der Waals surface area (Å²) in [6, 6.07) is 7.14. The van der Waals surface area contributed by atoms with E-state index in [9.17, 15) is 4.39 Å². The van der Waals surface area contributed by atoms with Crippen molar-refractivity contribution in [2.24, 2.45) is 5.92 Å². The number of halogens is 1. The van der Waals surface area contributed by atoms with E-state index >= 15 is 0 Å². The number of pyridine rings is 1. The van der Waals surface area contributed by atoms with E-state index in [4.69, 9.17) is 4.74 Å². The molecule has 3 rings (SSSR count). The van der Waals surface area contributed by atoms with Crippen LogP contribution in [0.15, 0.2) is 30.5 Å². The SMILES string of the molecule is COCC1CCCN(c2ccnc3c(F)cccc23)C1. The van der Waals surface area contributed by atoms with Crippen molar-refractivity contribution in [1.82, 2.24) is 4.98 Å². The van der Waals surface area contributed by atoms with E-state index in [0.29, 0.717) is 11.4 Å². The number of benzene rings is 1. The highest BCUT2D eigenvalue weighted by molar-refractivity contribution is 5.91. The zero-order chi connectivity index (χ0) is 13.9. The Hall–Kier alpha value is -1.68. The monoisotopic (exact) mass is 274 g/mol. The molecule has 1 aliphatic rings. The van der Waals surface area contributed by atoms with Crippen molar-refractivity contribution in [2.45, 2.75) is 12.8 Å². The number of para-hydroxylation sites is 1. The molecule has 1 saturated heterocycles. The number of hydrogen-bond donors (Lipinski definition) is 0. The van der Waals surface area contributed by atoms with Crippen LogP contribution < -0.4 is 4.90 Å². The maximum absolute atomic E-state index is 13.8.